The molecule has 2 aromatic carbocycles. The zero-order valence-corrected chi connectivity index (χ0v) is 21.3. The fraction of sp³-hybridized carbons (Fsp3) is 0.364. The summed E-state index contributed by atoms with van der Waals surface area (Å²) in [4.78, 5) is 10.1. The average molecular weight is 574 g/mol. The van der Waals surface area contributed by atoms with Gasteiger partial charge in [0.25, 0.3) is 0 Å². The Morgan fingerprint density at radius 1 is 1.14 bits per heavy atom. The maximum Gasteiger partial charge on any atom is 0.573 e. The second kappa shape index (κ2) is 9.43. The van der Waals surface area contributed by atoms with Gasteiger partial charge in [0, 0.05) is 37.0 Å². The van der Waals surface area contributed by atoms with E-state index in [-0.39, 0.29) is 23.5 Å². The van der Waals surface area contributed by atoms with Crippen LogP contribution in [0.15, 0.2) is 45.8 Å². The highest BCUT2D eigenvalue weighted by Crippen LogP contribution is 2.39. The van der Waals surface area contributed by atoms with Crippen LogP contribution in [-0.2, 0) is 10.0 Å². The van der Waals surface area contributed by atoms with E-state index in [0.29, 0.717) is 30.1 Å². The number of ether oxygens (including phenoxy) is 1. The minimum absolute atomic E-state index is 0.0166. The zero-order chi connectivity index (χ0) is 25.5. The number of halogens is 4. The molecule has 8 nitrogen and oxygen atoms in total. The van der Waals surface area contributed by atoms with Crippen LogP contribution in [0.1, 0.15) is 24.3 Å². The average Bonchev–Trinajstić information content (AvgIpc) is 2.77. The quantitative estimate of drug-likeness (QED) is 0.479. The molecule has 0 bridgehead atoms. The molecule has 2 heterocycles. The van der Waals surface area contributed by atoms with Crippen LogP contribution in [0, 0.1) is 0 Å². The van der Waals surface area contributed by atoms with E-state index < -0.39 is 27.0 Å². The molecule has 0 atom stereocenters. The molecule has 1 saturated heterocycles. The van der Waals surface area contributed by atoms with Crippen LogP contribution in [0.3, 0.4) is 0 Å². The number of hydrogen-bond acceptors (Lipinski definition) is 7. The van der Waals surface area contributed by atoms with Crippen molar-refractivity contribution in [1.82, 2.24) is 14.3 Å². The topological polar surface area (TPSA) is 102 Å². The number of rotatable bonds is 5. The van der Waals surface area contributed by atoms with Gasteiger partial charge in [0.05, 0.1) is 5.52 Å². The monoisotopic (exact) mass is 573 g/mol. The minimum atomic E-state index is -5.03. The summed E-state index contributed by atoms with van der Waals surface area (Å²) in [5.74, 6) is 0.0364. The van der Waals surface area contributed by atoms with E-state index in [2.05, 4.69) is 30.6 Å². The van der Waals surface area contributed by atoms with Gasteiger partial charge in [-0.25, -0.2) is 13.4 Å². The highest BCUT2D eigenvalue weighted by molar-refractivity contribution is 9.10. The summed E-state index contributed by atoms with van der Waals surface area (Å²) in [6.45, 7) is 0.253. The lowest BCUT2D eigenvalue weighted by atomic mass is 9.88. The number of nitrogens with zero attached hydrogens (tertiary/aromatic N) is 4. The first kappa shape index (κ1) is 25.5. The van der Waals surface area contributed by atoms with Crippen molar-refractivity contribution in [2.75, 3.05) is 37.8 Å². The number of aromatic nitrogens is 2. The molecule has 0 spiro atoms. The van der Waals surface area contributed by atoms with Crippen LogP contribution in [0.4, 0.5) is 24.9 Å². The van der Waals surface area contributed by atoms with Gasteiger partial charge in [-0.2, -0.15) is 9.29 Å². The highest BCUT2D eigenvalue weighted by atomic mass is 79.9. The number of nitrogen functional groups attached to an aromatic ring is 1. The molecule has 0 unspecified atom stereocenters. The molecule has 0 saturated carbocycles. The normalized spacial score (nSPS) is 15.9. The summed E-state index contributed by atoms with van der Waals surface area (Å²) >= 11 is 3.06. The van der Waals surface area contributed by atoms with E-state index in [4.69, 9.17) is 5.73 Å². The number of sulfonamides is 1. The van der Waals surface area contributed by atoms with Gasteiger partial charge < -0.3 is 15.4 Å². The number of anilines is 2. The molecule has 1 aromatic heterocycles. The Bertz CT molecular complexity index is 1360. The number of piperidine rings is 1. The first-order valence-electron chi connectivity index (χ1n) is 10.7. The first-order valence-corrected chi connectivity index (χ1v) is 12.9. The lowest BCUT2D eigenvalue weighted by molar-refractivity contribution is -0.275. The third-order valence-corrected chi connectivity index (χ3v) is 8.25. The van der Waals surface area contributed by atoms with Crippen molar-refractivity contribution in [2.24, 2.45) is 0 Å². The van der Waals surface area contributed by atoms with Gasteiger partial charge in [0.1, 0.15) is 10.7 Å². The molecule has 35 heavy (non-hydrogen) atoms. The molecule has 1 aliphatic rings. The van der Waals surface area contributed by atoms with Crippen molar-refractivity contribution in [3.63, 3.8) is 0 Å². The Balaban J connectivity index is 1.60. The van der Waals surface area contributed by atoms with Crippen molar-refractivity contribution >= 4 is 48.6 Å². The van der Waals surface area contributed by atoms with Crippen LogP contribution in [0.25, 0.3) is 10.9 Å². The Kier molecular flexibility index (Phi) is 6.86. The van der Waals surface area contributed by atoms with Gasteiger partial charge >= 0.3 is 6.36 Å². The molecule has 4 rings (SSSR count). The molecule has 3 aromatic rings. The molecular weight excluding hydrogens is 551 g/mol. The van der Waals surface area contributed by atoms with E-state index in [1.807, 2.05) is 32.3 Å². The van der Waals surface area contributed by atoms with E-state index in [1.165, 1.54) is 10.4 Å². The molecule has 0 radical (unpaired) electrons. The van der Waals surface area contributed by atoms with Crippen LogP contribution < -0.4 is 15.4 Å². The summed E-state index contributed by atoms with van der Waals surface area (Å²) in [6, 6.07) is 9.11. The number of nitrogens with two attached hydrogens (primary N) is 1. The summed E-state index contributed by atoms with van der Waals surface area (Å²) in [7, 11) is -0.587. The van der Waals surface area contributed by atoms with E-state index in [9.17, 15) is 21.6 Å². The predicted molar refractivity (Wildman–Crippen MR) is 130 cm³/mol. The summed E-state index contributed by atoms with van der Waals surface area (Å²) in [6.07, 6.45) is -4.11. The first-order chi connectivity index (χ1) is 16.4. The fourth-order valence-electron chi connectivity index (χ4n) is 4.21. The highest BCUT2D eigenvalue weighted by Gasteiger charge is 2.37. The summed E-state index contributed by atoms with van der Waals surface area (Å²) in [5, 5.41) is 0.730. The molecular formula is C22H23BrF3N5O3S. The van der Waals surface area contributed by atoms with Crippen molar-refractivity contribution in [2.45, 2.75) is 30.0 Å². The Morgan fingerprint density at radius 2 is 1.83 bits per heavy atom. The minimum Gasteiger partial charge on any atom is -0.404 e. The maximum atomic E-state index is 13.2. The van der Waals surface area contributed by atoms with Gasteiger partial charge in [-0.15, -0.1) is 13.2 Å². The molecule has 1 aliphatic heterocycles. The second-order valence-corrected chi connectivity index (χ2v) is 11.2. The van der Waals surface area contributed by atoms with Gasteiger partial charge in [0.15, 0.2) is 5.75 Å². The van der Waals surface area contributed by atoms with Crippen molar-refractivity contribution in [3.05, 3.63) is 46.4 Å². The van der Waals surface area contributed by atoms with Gasteiger partial charge in [0.2, 0.25) is 16.0 Å². The van der Waals surface area contributed by atoms with E-state index in [0.717, 1.165) is 23.1 Å². The largest absolute Gasteiger partial charge is 0.573 e. The van der Waals surface area contributed by atoms with E-state index >= 15 is 0 Å². The molecule has 188 valence electrons. The van der Waals surface area contributed by atoms with Gasteiger partial charge in [-0.05, 0) is 48.6 Å². The lowest BCUT2D eigenvalue weighted by Gasteiger charge is -2.32. The van der Waals surface area contributed by atoms with Crippen LogP contribution >= 0.6 is 15.9 Å². The maximum absolute atomic E-state index is 13.2. The molecule has 0 aliphatic carbocycles. The Hall–Kier alpha value is -2.64. The number of fused-ring (bicyclic) bond motifs is 1. The smallest absolute Gasteiger partial charge is 0.404 e. The predicted octanol–water partition coefficient (Wildman–Crippen LogP) is 4.51. The molecule has 0 amide bonds. The summed E-state index contributed by atoms with van der Waals surface area (Å²) < 4.78 is 70.6. The SMILES string of the molecule is CN(C)c1nc(N)c2c(C3CCN(S(=O)(=O)c4ccc(Br)cc4OC(F)(F)F)CC3)cccc2n1. The van der Waals surface area contributed by atoms with Crippen molar-refractivity contribution < 1.29 is 26.3 Å². The van der Waals surface area contributed by atoms with Crippen molar-refractivity contribution in [1.29, 1.82) is 0 Å². The lowest BCUT2D eigenvalue weighted by Crippen LogP contribution is -2.38. The van der Waals surface area contributed by atoms with Crippen LogP contribution in [0.5, 0.6) is 5.75 Å². The van der Waals surface area contributed by atoms with Gasteiger partial charge in [-0.1, -0.05) is 28.1 Å². The Labute approximate surface area is 209 Å². The number of benzene rings is 2. The number of alkyl halides is 3. The molecule has 1 fully saturated rings. The third kappa shape index (κ3) is 5.31. The fourth-order valence-corrected chi connectivity index (χ4v) is 6.12. The Morgan fingerprint density at radius 3 is 2.46 bits per heavy atom. The van der Waals surface area contributed by atoms with Crippen LogP contribution in [0.2, 0.25) is 0 Å². The van der Waals surface area contributed by atoms with E-state index in [1.54, 1.807) is 4.90 Å². The summed E-state index contributed by atoms with van der Waals surface area (Å²) in [5.41, 5.74) is 7.88. The molecule has 13 heteroatoms. The van der Waals surface area contributed by atoms with Crippen molar-refractivity contribution in [3.8, 4) is 5.75 Å². The second-order valence-electron chi connectivity index (χ2n) is 8.36. The standard InChI is InChI=1S/C22H23BrF3N5O3S/c1-30(2)21-28-16-5-3-4-15(19(16)20(27)29-21)13-8-10-31(11-9-13)35(32,33)18-7-6-14(23)12-17(18)34-22(24,25)26/h3-7,12-13H,8-11H2,1-2H3,(H2,27,28,29). The van der Waals surface area contributed by atoms with Gasteiger partial charge in [-0.3, -0.25) is 0 Å². The number of hydrogen-bond donors (Lipinski definition) is 1. The zero-order valence-electron chi connectivity index (χ0n) is 18.9. The third-order valence-electron chi connectivity index (χ3n) is 5.81. The molecule has 2 N–H and O–H groups in total. The van der Waals surface area contributed by atoms with Crippen LogP contribution in [-0.4, -0.2) is 56.2 Å².